The zero-order chi connectivity index (χ0) is 16.3. The van der Waals surface area contributed by atoms with Gasteiger partial charge in [0.15, 0.2) is 0 Å². The summed E-state index contributed by atoms with van der Waals surface area (Å²) in [6.07, 6.45) is 0. The van der Waals surface area contributed by atoms with Crippen LogP contribution in [0.5, 0.6) is 0 Å². The minimum absolute atomic E-state index is 0.341. The molecule has 1 N–H and O–H groups in total. The highest BCUT2D eigenvalue weighted by molar-refractivity contribution is 6.36. The lowest BCUT2D eigenvalue weighted by Crippen LogP contribution is -2.13. The summed E-state index contributed by atoms with van der Waals surface area (Å²) in [5, 5.41) is 23.7. The lowest BCUT2D eigenvalue weighted by molar-refractivity contribution is -0.394. The van der Waals surface area contributed by atoms with Crippen LogP contribution in [0.15, 0.2) is 42.5 Å². The molecule has 0 heterocycles. The van der Waals surface area contributed by atoms with Crippen molar-refractivity contribution >= 4 is 34.6 Å². The van der Waals surface area contributed by atoms with E-state index in [0.29, 0.717) is 11.8 Å². The van der Waals surface area contributed by atoms with Gasteiger partial charge < -0.3 is 5.32 Å². The number of halogens is 1. The molecule has 0 radical (unpaired) electrons. The van der Waals surface area contributed by atoms with E-state index in [1.165, 1.54) is 0 Å². The Morgan fingerprint density at radius 1 is 1.05 bits per heavy atom. The van der Waals surface area contributed by atoms with Crippen molar-refractivity contribution in [3.05, 3.63) is 73.3 Å². The summed E-state index contributed by atoms with van der Waals surface area (Å²) >= 11 is 5.82. The number of para-hydroxylation sites is 1. The maximum absolute atomic E-state index is 12.1. The quantitative estimate of drug-likeness (QED) is 0.684. The number of nitro benzene ring substituents is 2. The number of anilines is 1. The molecule has 0 aromatic heterocycles. The first-order valence-corrected chi connectivity index (χ1v) is 6.26. The van der Waals surface area contributed by atoms with Gasteiger partial charge in [-0.3, -0.25) is 25.0 Å². The van der Waals surface area contributed by atoms with Crippen molar-refractivity contribution in [3.63, 3.8) is 0 Å². The summed E-state index contributed by atoms with van der Waals surface area (Å²) in [5.74, 6) is -0.775. The first kappa shape index (κ1) is 15.4. The molecule has 0 spiro atoms. The fraction of sp³-hybridized carbons (Fsp3) is 0. The molecular formula is C13H8ClN3O5. The highest BCUT2D eigenvalue weighted by Crippen LogP contribution is 2.33. The van der Waals surface area contributed by atoms with Crippen LogP contribution in [0.3, 0.4) is 0 Å². The number of benzene rings is 2. The van der Waals surface area contributed by atoms with Gasteiger partial charge in [-0.1, -0.05) is 29.8 Å². The maximum atomic E-state index is 12.1. The van der Waals surface area contributed by atoms with Crippen LogP contribution >= 0.6 is 11.6 Å². The van der Waals surface area contributed by atoms with Crippen LogP contribution in [-0.2, 0) is 0 Å². The summed E-state index contributed by atoms with van der Waals surface area (Å²) in [5.41, 5.74) is -1.20. The monoisotopic (exact) mass is 321 g/mol. The third kappa shape index (κ3) is 3.18. The fourth-order valence-electron chi connectivity index (χ4n) is 1.72. The largest absolute Gasteiger partial charge is 0.322 e. The van der Waals surface area contributed by atoms with Crippen molar-refractivity contribution < 1.29 is 14.6 Å². The van der Waals surface area contributed by atoms with Gasteiger partial charge >= 0.3 is 0 Å². The molecule has 0 fully saturated rings. The molecule has 0 atom stereocenters. The standard InChI is InChI=1S/C13H8ClN3O5/c14-12-10(13(18)15-8-4-2-1-3-5-8)6-9(16(19)20)7-11(12)17(21)22/h1-7H,(H,15,18). The Morgan fingerprint density at radius 2 is 1.68 bits per heavy atom. The number of nitrogens with zero attached hydrogens (tertiary/aromatic N) is 2. The Balaban J connectivity index is 2.47. The highest BCUT2D eigenvalue weighted by atomic mass is 35.5. The molecule has 0 bridgehead atoms. The van der Waals surface area contributed by atoms with E-state index in [-0.39, 0.29) is 5.56 Å². The summed E-state index contributed by atoms with van der Waals surface area (Å²) in [4.78, 5) is 32.2. The van der Waals surface area contributed by atoms with Gasteiger partial charge in [0.2, 0.25) is 0 Å². The van der Waals surface area contributed by atoms with Crippen LogP contribution in [-0.4, -0.2) is 15.8 Å². The third-order valence-electron chi connectivity index (χ3n) is 2.72. The second-order valence-corrected chi connectivity index (χ2v) is 4.54. The van der Waals surface area contributed by atoms with Crippen LogP contribution in [0.25, 0.3) is 0 Å². The molecule has 2 aromatic carbocycles. The number of non-ortho nitro benzene ring substituents is 1. The Hall–Kier alpha value is -3.00. The number of nitrogens with one attached hydrogen (secondary N) is 1. The van der Waals surface area contributed by atoms with Crippen molar-refractivity contribution in [1.82, 2.24) is 0 Å². The molecule has 22 heavy (non-hydrogen) atoms. The maximum Gasteiger partial charge on any atom is 0.295 e. The molecule has 0 aliphatic carbocycles. The summed E-state index contributed by atoms with van der Waals surface area (Å²) in [6.45, 7) is 0. The number of hydrogen-bond acceptors (Lipinski definition) is 5. The molecule has 0 aliphatic heterocycles. The zero-order valence-electron chi connectivity index (χ0n) is 10.9. The van der Waals surface area contributed by atoms with E-state index in [4.69, 9.17) is 11.6 Å². The van der Waals surface area contributed by atoms with Crippen molar-refractivity contribution in [1.29, 1.82) is 0 Å². The Bertz CT molecular complexity index is 764. The summed E-state index contributed by atoms with van der Waals surface area (Å²) < 4.78 is 0. The van der Waals surface area contributed by atoms with E-state index >= 15 is 0 Å². The fourth-order valence-corrected chi connectivity index (χ4v) is 1.98. The Kier molecular flexibility index (Phi) is 4.33. The zero-order valence-corrected chi connectivity index (χ0v) is 11.6. The van der Waals surface area contributed by atoms with Gasteiger partial charge in [-0.15, -0.1) is 0 Å². The van der Waals surface area contributed by atoms with Crippen molar-refractivity contribution in [3.8, 4) is 0 Å². The molecule has 8 nitrogen and oxygen atoms in total. The van der Waals surface area contributed by atoms with E-state index in [1.807, 2.05) is 0 Å². The van der Waals surface area contributed by atoms with Gasteiger partial charge in [0.25, 0.3) is 17.3 Å². The molecule has 0 unspecified atom stereocenters. The van der Waals surface area contributed by atoms with Crippen molar-refractivity contribution in [2.24, 2.45) is 0 Å². The average molecular weight is 322 g/mol. The van der Waals surface area contributed by atoms with Gasteiger partial charge in [-0.05, 0) is 12.1 Å². The van der Waals surface area contributed by atoms with E-state index in [1.54, 1.807) is 30.3 Å². The van der Waals surface area contributed by atoms with Gasteiger partial charge in [0.05, 0.1) is 21.5 Å². The number of amides is 1. The number of carbonyl (C=O) groups is 1. The number of rotatable bonds is 4. The second-order valence-electron chi connectivity index (χ2n) is 4.16. The van der Waals surface area contributed by atoms with E-state index in [2.05, 4.69) is 5.32 Å². The SMILES string of the molecule is O=C(Nc1ccccc1)c1cc([N+](=O)[O-])cc([N+](=O)[O-])c1Cl. The average Bonchev–Trinajstić information content (AvgIpc) is 2.47. The van der Waals surface area contributed by atoms with Crippen molar-refractivity contribution in [2.75, 3.05) is 5.32 Å². The van der Waals surface area contributed by atoms with Crippen LogP contribution in [0, 0.1) is 20.2 Å². The molecule has 1 amide bonds. The Morgan fingerprint density at radius 3 is 2.23 bits per heavy atom. The van der Waals surface area contributed by atoms with E-state index in [0.717, 1.165) is 6.07 Å². The number of nitro groups is 2. The van der Waals surface area contributed by atoms with Crippen LogP contribution in [0.2, 0.25) is 5.02 Å². The molecule has 112 valence electrons. The molecular weight excluding hydrogens is 314 g/mol. The highest BCUT2D eigenvalue weighted by Gasteiger charge is 2.26. The molecule has 2 rings (SSSR count). The van der Waals surface area contributed by atoms with Gasteiger partial charge in [0.1, 0.15) is 5.02 Å². The van der Waals surface area contributed by atoms with Gasteiger partial charge in [0, 0.05) is 11.8 Å². The number of carbonyl (C=O) groups excluding carboxylic acids is 1. The third-order valence-corrected chi connectivity index (χ3v) is 3.12. The topological polar surface area (TPSA) is 115 Å². The van der Waals surface area contributed by atoms with Gasteiger partial charge in [-0.25, -0.2) is 0 Å². The minimum Gasteiger partial charge on any atom is -0.322 e. The summed E-state index contributed by atoms with van der Waals surface area (Å²) in [7, 11) is 0. The summed E-state index contributed by atoms with van der Waals surface area (Å²) in [6, 6.07) is 9.88. The van der Waals surface area contributed by atoms with Crippen molar-refractivity contribution in [2.45, 2.75) is 0 Å². The molecule has 0 aliphatic rings. The molecule has 9 heteroatoms. The molecule has 2 aromatic rings. The van der Waals surface area contributed by atoms with E-state index < -0.39 is 32.2 Å². The first-order valence-electron chi connectivity index (χ1n) is 5.89. The number of hydrogen-bond donors (Lipinski definition) is 1. The smallest absolute Gasteiger partial charge is 0.295 e. The lowest BCUT2D eigenvalue weighted by atomic mass is 10.1. The van der Waals surface area contributed by atoms with Crippen LogP contribution in [0.1, 0.15) is 10.4 Å². The first-order chi connectivity index (χ1) is 10.4. The molecule has 0 saturated carbocycles. The van der Waals surface area contributed by atoms with Crippen LogP contribution < -0.4 is 5.32 Å². The van der Waals surface area contributed by atoms with E-state index in [9.17, 15) is 25.0 Å². The normalized spacial score (nSPS) is 10.0. The predicted molar refractivity (Wildman–Crippen MR) is 79.2 cm³/mol. The van der Waals surface area contributed by atoms with Gasteiger partial charge in [-0.2, -0.15) is 0 Å². The lowest BCUT2D eigenvalue weighted by Gasteiger charge is -2.07. The minimum atomic E-state index is -0.880. The Labute approximate surface area is 128 Å². The second kappa shape index (κ2) is 6.19. The molecule has 0 saturated heterocycles. The van der Waals surface area contributed by atoms with Crippen LogP contribution in [0.4, 0.5) is 17.1 Å². The predicted octanol–water partition coefficient (Wildman–Crippen LogP) is 3.41.